The number of halogens is 3. The van der Waals surface area contributed by atoms with E-state index >= 15 is 0 Å². The Labute approximate surface area is 118 Å². The van der Waals surface area contributed by atoms with Crippen LogP contribution in [0, 0.1) is 12.8 Å². The Kier molecular flexibility index (Phi) is 4.79. The molecule has 4 radical (unpaired) electrons. The largest absolute Gasteiger partial charge is 0.463 e. The zero-order valence-corrected chi connectivity index (χ0v) is 11.2. The second-order valence-corrected chi connectivity index (χ2v) is 5.14. The van der Waals surface area contributed by atoms with Crippen LogP contribution in [0.1, 0.15) is 6.92 Å². The molecule has 1 N–H and O–H groups in total. The highest BCUT2D eigenvalue weighted by molar-refractivity contribution is 8.14. The van der Waals surface area contributed by atoms with Crippen LogP contribution in [0.4, 0.5) is 13.2 Å². The van der Waals surface area contributed by atoms with Crippen LogP contribution in [0.15, 0.2) is 4.99 Å². The summed E-state index contributed by atoms with van der Waals surface area (Å²) in [6, 6.07) is -0.496. The maximum atomic E-state index is 12.1. The Balaban J connectivity index is 1.78. The number of esters is 1. The number of alkyl halides is 3. The van der Waals surface area contributed by atoms with Crippen LogP contribution < -0.4 is 5.32 Å². The van der Waals surface area contributed by atoms with Gasteiger partial charge in [-0.15, -0.1) is 0 Å². The molecule has 110 valence electrons. The van der Waals surface area contributed by atoms with Gasteiger partial charge in [0.05, 0.1) is 6.04 Å². The lowest BCUT2D eigenvalue weighted by molar-refractivity contribution is -0.145. The molecule has 0 saturated carbocycles. The molecule has 0 aromatic heterocycles. The molecule has 2 aliphatic rings. The first-order valence-corrected chi connectivity index (χ1v) is 6.56. The second-order valence-electron chi connectivity index (χ2n) is 4.05. The summed E-state index contributed by atoms with van der Waals surface area (Å²) >= 11 is 1.05. The molecular weight excluding hydrogens is 297 g/mol. The fourth-order valence-electron chi connectivity index (χ4n) is 1.51. The van der Waals surface area contributed by atoms with Crippen LogP contribution in [0.3, 0.4) is 0 Å². The zero-order chi connectivity index (χ0) is 14.8. The molecule has 0 aromatic carbocycles. The molecule has 0 bridgehead atoms. The van der Waals surface area contributed by atoms with Gasteiger partial charge in [-0.2, -0.15) is 13.2 Å². The molecule has 9 heteroatoms. The van der Waals surface area contributed by atoms with Gasteiger partial charge in [0, 0.05) is 19.8 Å². The number of nitrogens with one attached hydrogen (secondary N) is 1. The predicted molar refractivity (Wildman–Crippen MR) is 64.7 cm³/mol. The fraction of sp³-hybridized carbons (Fsp3) is 0.636. The third kappa shape index (κ3) is 4.55. The molecular formula is C11H11F3N2O3S. The molecule has 0 spiro atoms. The maximum Gasteiger partial charge on any atom is 0.405 e. The Morgan fingerprint density at radius 1 is 1.55 bits per heavy atom. The van der Waals surface area contributed by atoms with Crippen molar-refractivity contribution in [2.45, 2.75) is 30.7 Å². The highest BCUT2D eigenvalue weighted by Gasteiger charge is 2.39. The molecule has 1 saturated heterocycles. The Morgan fingerprint density at radius 2 is 2.30 bits per heavy atom. The van der Waals surface area contributed by atoms with Gasteiger partial charge in [-0.3, -0.25) is 9.79 Å². The van der Waals surface area contributed by atoms with E-state index in [1.54, 1.807) is 0 Å². The maximum absolute atomic E-state index is 12.1. The fourth-order valence-corrected chi connectivity index (χ4v) is 2.50. The van der Waals surface area contributed by atoms with E-state index in [0.717, 1.165) is 11.8 Å². The van der Waals surface area contributed by atoms with E-state index in [1.807, 2.05) is 0 Å². The number of carbonyl (C=O) groups excluding carboxylic acids is 1. The van der Waals surface area contributed by atoms with E-state index in [0.29, 0.717) is 0 Å². The summed E-state index contributed by atoms with van der Waals surface area (Å²) in [6.45, 7) is 0.117. The number of rotatable bonds is 3. The topological polar surface area (TPSA) is 59.9 Å². The summed E-state index contributed by atoms with van der Waals surface area (Å²) < 4.78 is 46.5. The number of amidine groups is 1. The highest BCUT2D eigenvalue weighted by atomic mass is 32.2. The second kappa shape index (κ2) is 6.21. The summed E-state index contributed by atoms with van der Waals surface area (Å²) in [4.78, 5) is 14.7. The molecule has 0 aliphatic carbocycles. The average Bonchev–Trinajstić information content (AvgIpc) is 2.75. The van der Waals surface area contributed by atoms with E-state index in [2.05, 4.69) is 23.2 Å². The summed E-state index contributed by atoms with van der Waals surface area (Å²) in [6.07, 6.45) is 0.622. The first-order valence-electron chi connectivity index (χ1n) is 5.68. The van der Waals surface area contributed by atoms with E-state index in [9.17, 15) is 18.0 Å². The molecule has 0 aromatic rings. The summed E-state index contributed by atoms with van der Waals surface area (Å²) in [5.41, 5.74) is -0.479. The van der Waals surface area contributed by atoms with Gasteiger partial charge in [-0.25, -0.2) is 0 Å². The van der Waals surface area contributed by atoms with Gasteiger partial charge in [0.15, 0.2) is 5.17 Å². The predicted octanol–water partition coefficient (Wildman–Crippen LogP) is 1.06. The lowest BCUT2D eigenvalue weighted by atomic mass is 10.1. The van der Waals surface area contributed by atoms with Crippen molar-refractivity contribution in [3.05, 3.63) is 12.8 Å². The third-order valence-corrected chi connectivity index (χ3v) is 3.38. The first kappa shape index (κ1) is 15.4. The minimum Gasteiger partial charge on any atom is -0.463 e. The molecule has 0 amide bonds. The van der Waals surface area contributed by atoms with Crippen LogP contribution in [0.25, 0.3) is 0 Å². The van der Waals surface area contributed by atoms with Crippen molar-refractivity contribution in [3.63, 3.8) is 0 Å². The number of thioether (sulfide) groups is 1. The van der Waals surface area contributed by atoms with E-state index in [1.165, 1.54) is 6.92 Å². The Bertz CT molecular complexity index is 403. The van der Waals surface area contributed by atoms with Gasteiger partial charge in [0.1, 0.15) is 24.7 Å². The summed E-state index contributed by atoms with van der Waals surface area (Å²) in [7, 11) is 0. The summed E-state index contributed by atoms with van der Waals surface area (Å²) in [5, 5.41) is 2.35. The normalized spacial score (nSPS) is 29.6. The van der Waals surface area contributed by atoms with Gasteiger partial charge in [-0.1, -0.05) is 11.8 Å². The van der Waals surface area contributed by atoms with Gasteiger partial charge in [0.25, 0.3) is 0 Å². The quantitative estimate of drug-likeness (QED) is 0.790. The van der Waals surface area contributed by atoms with Crippen LogP contribution in [0.5, 0.6) is 0 Å². The van der Waals surface area contributed by atoms with E-state index < -0.39 is 36.3 Å². The van der Waals surface area contributed by atoms with Crippen LogP contribution >= 0.6 is 11.8 Å². The minimum absolute atomic E-state index is 0.00255. The standard InChI is InChI=1S/C11H11F3N2O3S/c1-6(17)18-4-7-2-3-8-9(19-7)20-10(16-8)15-5-11(12,13)14/h7-9H,4-5H2,1H3,(H,15,16)/t7-,8-,9-/m1/s1. The SMILES string of the molecule is CC(=O)OC[C@H]1[C][C][C@H]2N=C(NCC(F)(F)F)S[C@H]2O1. The molecule has 1 fully saturated rings. The molecule has 5 nitrogen and oxygen atoms in total. The first-order chi connectivity index (χ1) is 9.33. The van der Waals surface area contributed by atoms with Crippen molar-refractivity contribution in [2.75, 3.05) is 13.2 Å². The van der Waals surface area contributed by atoms with Crippen molar-refractivity contribution >= 4 is 22.9 Å². The molecule has 2 aliphatic heterocycles. The van der Waals surface area contributed by atoms with Crippen molar-refractivity contribution in [1.29, 1.82) is 0 Å². The lowest BCUT2D eigenvalue weighted by Gasteiger charge is -2.28. The lowest BCUT2D eigenvalue weighted by Crippen LogP contribution is -2.37. The molecule has 2 heterocycles. The number of carbonyl (C=O) groups is 1. The van der Waals surface area contributed by atoms with Crippen LogP contribution in [-0.4, -0.2) is 48.0 Å². The molecule has 3 atom stereocenters. The van der Waals surface area contributed by atoms with E-state index in [4.69, 9.17) is 9.47 Å². The van der Waals surface area contributed by atoms with Gasteiger partial charge in [0.2, 0.25) is 0 Å². The van der Waals surface area contributed by atoms with Crippen LogP contribution in [0.2, 0.25) is 0 Å². The van der Waals surface area contributed by atoms with Gasteiger partial charge < -0.3 is 14.8 Å². The molecule has 0 unspecified atom stereocenters. The number of aliphatic imine (C=N–C) groups is 1. The number of fused-ring (bicyclic) bond motifs is 1. The van der Waals surface area contributed by atoms with Gasteiger partial charge >= 0.3 is 12.1 Å². The Hall–Kier alpha value is -0.960. The molecule has 20 heavy (non-hydrogen) atoms. The van der Waals surface area contributed by atoms with Crippen molar-refractivity contribution < 1.29 is 27.4 Å². The summed E-state index contributed by atoms with van der Waals surface area (Å²) in [5.74, 6) is -0.444. The molecule has 2 rings (SSSR count). The number of nitrogens with zero attached hydrogens (tertiary/aromatic N) is 1. The van der Waals surface area contributed by atoms with Crippen molar-refractivity contribution in [2.24, 2.45) is 4.99 Å². The van der Waals surface area contributed by atoms with Crippen LogP contribution in [-0.2, 0) is 14.3 Å². The number of ether oxygens (including phenoxy) is 2. The number of hydrogen-bond donors (Lipinski definition) is 1. The van der Waals surface area contributed by atoms with Gasteiger partial charge in [-0.05, 0) is 0 Å². The minimum atomic E-state index is -4.30. The van der Waals surface area contributed by atoms with Crippen molar-refractivity contribution in [1.82, 2.24) is 5.32 Å². The van der Waals surface area contributed by atoms with Crippen molar-refractivity contribution in [3.8, 4) is 0 Å². The Morgan fingerprint density at radius 3 is 2.95 bits per heavy atom. The highest BCUT2D eigenvalue weighted by Crippen LogP contribution is 2.34. The average molecular weight is 308 g/mol. The smallest absolute Gasteiger partial charge is 0.405 e. The zero-order valence-electron chi connectivity index (χ0n) is 10.4. The third-order valence-electron chi connectivity index (χ3n) is 2.31. The monoisotopic (exact) mass is 308 g/mol. The number of hydrogen-bond acceptors (Lipinski definition) is 6. The van der Waals surface area contributed by atoms with E-state index in [-0.39, 0.29) is 11.8 Å².